The summed E-state index contributed by atoms with van der Waals surface area (Å²) in [5, 5.41) is 0. The van der Waals surface area contributed by atoms with Gasteiger partial charge in [0, 0.05) is 30.0 Å². The zero-order valence-electron chi connectivity index (χ0n) is 17.1. The Balaban J connectivity index is 1.52. The van der Waals surface area contributed by atoms with Crippen LogP contribution in [0.25, 0.3) is 5.57 Å². The maximum Gasteiger partial charge on any atom is 0.174 e. The Morgan fingerprint density at radius 1 is 1.09 bits per heavy atom. The number of anilines is 1. The Kier molecular flexibility index (Phi) is 6.36. The van der Waals surface area contributed by atoms with Crippen molar-refractivity contribution in [3.63, 3.8) is 0 Å². The van der Waals surface area contributed by atoms with Crippen LogP contribution in [0.2, 0.25) is 0 Å². The molecule has 0 aliphatic carbocycles. The van der Waals surface area contributed by atoms with E-state index in [0.29, 0.717) is 24.5 Å². The van der Waals surface area contributed by atoms with Crippen molar-refractivity contribution in [3.8, 4) is 0 Å². The second-order valence-electron chi connectivity index (χ2n) is 7.48. The number of benzene rings is 1. The highest BCUT2D eigenvalue weighted by Gasteiger charge is 2.23. The first-order valence-corrected chi connectivity index (χ1v) is 10.7. The van der Waals surface area contributed by atoms with Crippen LogP contribution in [0.15, 0.2) is 52.9 Å². The number of hydrogen-bond donors (Lipinski definition) is 0. The van der Waals surface area contributed by atoms with Gasteiger partial charge in [0.25, 0.3) is 0 Å². The molecule has 9 heteroatoms. The van der Waals surface area contributed by atoms with Gasteiger partial charge in [-0.1, -0.05) is 21.5 Å². The van der Waals surface area contributed by atoms with Crippen molar-refractivity contribution in [3.05, 3.63) is 87.3 Å². The molecule has 1 aromatic carbocycles. The zero-order valence-corrected chi connectivity index (χ0v) is 18.7. The Hall–Kier alpha value is -3.07. The average molecular weight is 503 g/mol. The summed E-state index contributed by atoms with van der Waals surface area (Å²) >= 11 is 2.99. The largest absolute Gasteiger partial charge is 0.349 e. The third-order valence-corrected chi connectivity index (χ3v) is 5.76. The van der Waals surface area contributed by atoms with Crippen LogP contribution >= 0.6 is 15.9 Å². The van der Waals surface area contributed by atoms with E-state index < -0.39 is 28.8 Å². The van der Waals surface area contributed by atoms with Crippen molar-refractivity contribution in [1.82, 2.24) is 15.0 Å². The minimum absolute atomic E-state index is 0.212. The van der Waals surface area contributed by atoms with Crippen molar-refractivity contribution >= 4 is 33.1 Å². The first-order chi connectivity index (χ1) is 15.3. The first-order valence-electron chi connectivity index (χ1n) is 9.86. The van der Waals surface area contributed by atoms with E-state index in [1.807, 2.05) is 11.8 Å². The van der Waals surface area contributed by atoms with Gasteiger partial charge < -0.3 is 4.90 Å². The number of ketones is 1. The van der Waals surface area contributed by atoms with Crippen LogP contribution in [-0.2, 0) is 6.42 Å². The van der Waals surface area contributed by atoms with E-state index in [0.717, 1.165) is 29.7 Å². The highest BCUT2D eigenvalue weighted by Crippen LogP contribution is 2.29. The van der Waals surface area contributed by atoms with E-state index in [1.54, 1.807) is 12.3 Å². The molecular weight excluding hydrogens is 485 g/mol. The third kappa shape index (κ3) is 4.57. The fourth-order valence-corrected chi connectivity index (χ4v) is 4.01. The van der Waals surface area contributed by atoms with E-state index >= 15 is 0 Å². The monoisotopic (exact) mass is 502 g/mol. The van der Waals surface area contributed by atoms with Crippen molar-refractivity contribution < 1.29 is 18.0 Å². The predicted molar refractivity (Wildman–Crippen MR) is 118 cm³/mol. The number of carbonyl (C=O) groups excluding carboxylic acids is 1. The molecule has 3 heterocycles. The van der Waals surface area contributed by atoms with Gasteiger partial charge in [0.2, 0.25) is 0 Å². The van der Waals surface area contributed by atoms with Crippen LogP contribution in [0.1, 0.15) is 35.1 Å². The average Bonchev–Trinajstić information content (AvgIpc) is 2.74. The summed E-state index contributed by atoms with van der Waals surface area (Å²) in [6.07, 6.45) is 4.92. The Morgan fingerprint density at radius 3 is 2.50 bits per heavy atom. The lowest BCUT2D eigenvalue weighted by molar-refractivity contribution is 0.0983. The molecule has 0 radical (unpaired) electrons. The maximum atomic E-state index is 14.2. The second kappa shape index (κ2) is 9.20. The van der Waals surface area contributed by atoms with E-state index in [4.69, 9.17) is 0 Å². The summed E-state index contributed by atoms with van der Waals surface area (Å²) in [5.41, 5.74) is 2.30. The van der Waals surface area contributed by atoms with Gasteiger partial charge in [-0.3, -0.25) is 14.8 Å². The normalized spacial score (nSPS) is 14.1. The number of halogens is 4. The highest BCUT2D eigenvalue weighted by atomic mass is 79.9. The molecule has 0 atom stereocenters. The molecular formula is C23H18BrF3N4O. The molecule has 0 bridgehead atoms. The summed E-state index contributed by atoms with van der Waals surface area (Å²) in [7, 11) is 0. The maximum absolute atomic E-state index is 14.2. The van der Waals surface area contributed by atoms with E-state index in [-0.39, 0.29) is 16.7 Å². The Bertz CT molecular complexity index is 1190. The first kappa shape index (κ1) is 22.1. The van der Waals surface area contributed by atoms with Crippen LogP contribution < -0.4 is 4.90 Å². The topological polar surface area (TPSA) is 59.0 Å². The molecule has 5 nitrogen and oxygen atoms in total. The van der Waals surface area contributed by atoms with Crippen LogP contribution in [0.5, 0.6) is 0 Å². The number of carbonyl (C=O) groups is 1. The lowest BCUT2D eigenvalue weighted by Gasteiger charge is -2.30. The third-order valence-electron chi connectivity index (χ3n) is 5.30. The molecule has 32 heavy (non-hydrogen) atoms. The van der Waals surface area contributed by atoms with Gasteiger partial charge in [0.15, 0.2) is 17.4 Å². The van der Waals surface area contributed by atoms with Gasteiger partial charge in [0.1, 0.15) is 11.6 Å². The van der Waals surface area contributed by atoms with Gasteiger partial charge in [-0.2, -0.15) is 0 Å². The van der Waals surface area contributed by atoms with E-state index in [1.165, 1.54) is 18.5 Å². The number of hydrogen-bond acceptors (Lipinski definition) is 5. The van der Waals surface area contributed by atoms with Gasteiger partial charge >= 0.3 is 0 Å². The Morgan fingerprint density at radius 2 is 1.84 bits per heavy atom. The van der Waals surface area contributed by atoms with Crippen molar-refractivity contribution in [1.29, 1.82) is 0 Å². The predicted octanol–water partition coefficient (Wildman–Crippen LogP) is 5.16. The van der Waals surface area contributed by atoms with E-state index in [9.17, 15) is 18.0 Å². The lowest BCUT2D eigenvalue weighted by Crippen LogP contribution is -2.32. The van der Waals surface area contributed by atoms with Crippen molar-refractivity contribution in [2.45, 2.75) is 19.8 Å². The molecule has 0 unspecified atom stereocenters. The summed E-state index contributed by atoms with van der Waals surface area (Å²) in [5.74, 6) is -2.70. The molecule has 0 fully saturated rings. The number of pyridine rings is 1. The quantitative estimate of drug-likeness (QED) is 0.451. The molecule has 0 spiro atoms. The lowest BCUT2D eigenvalue weighted by atomic mass is 9.99. The highest BCUT2D eigenvalue weighted by molar-refractivity contribution is 9.10. The molecule has 0 N–H and O–H groups in total. The van der Waals surface area contributed by atoms with Crippen LogP contribution in [-0.4, -0.2) is 33.8 Å². The van der Waals surface area contributed by atoms with Crippen LogP contribution in [0, 0.1) is 17.5 Å². The second-order valence-corrected chi connectivity index (χ2v) is 8.39. The number of Topliss-reactive ketones (excluding diaryl/α,β-unsaturated/α-hetero) is 1. The Labute approximate surface area is 191 Å². The standard InChI is InChI=1S/C23H18BrF3N4O/c1-13-4-6-31(23-17(25)3-2-5-28-23)12-16(13)20-11-29-15(10-30-20)9-21(32)22-18(26)7-14(24)8-19(22)27/h2-3,5,7-8,10-11H,4,6,9,12H2,1H3. The van der Waals surface area contributed by atoms with Gasteiger partial charge in [-0.05, 0) is 43.2 Å². The number of rotatable bonds is 5. The smallest absolute Gasteiger partial charge is 0.174 e. The molecule has 0 saturated heterocycles. The van der Waals surface area contributed by atoms with E-state index in [2.05, 4.69) is 30.9 Å². The zero-order chi connectivity index (χ0) is 22.8. The molecule has 4 rings (SSSR count). The van der Waals surface area contributed by atoms with Crippen LogP contribution in [0.3, 0.4) is 0 Å². The molecule has 2 aromatic heterocycles. The van der Waals surface area contributed by atoms with Gasteiger partial charge in [-0.15, -0.1) is 0 Å². The minimum atomic E-state index is -0.934. The molecule has 3 aromatic rings. The number of aromatic nitrogens is 3. The summed E-state index contributed by atoms with van der Waals surface area (Å²) in [6, 6.07) is 5.00. The van der Waals surface area contributed by atoms with Crippen molar-refractivity contribution in [2.24, 2.45) is 0 Å². The molecule has 0 amide bonds. The van der Waals surface area contributed by atoms with Crippen molar-refractivity contribution in [2.75, 3.05) is 18.0 Å². The summed E-state index contributed by atoms with van der Waals surface area (Å²) < 4.78 is 42.5. The van der Waals surface area contributed by atoms with Gasteiger partial charge in [-0.25, -0.2) is 18.2 Å². The fourth-order valence-electron chi connectivity index (χ4n) is 3.61. The minimum Gasteiger partial charge on any atom is -0.349 e. The SMILES string of the molecule is CC1=C(c2cnc(CC(=O)c3c(F)cc(Br)cc3F)cn2)CN(c2ncccc2F)CC1. The molecule has 1 aliphatic rings. The van der Waals surface area contributed by atoms with Crippen LogP contribution in [0.4, 0.5) is 19.0 Å². The summed E-state index contributed by atoms with van der Waals surface area (Å²) in [4.78, 5) is 27.1. The summed E-state index contributed by atoms with van der Waals surface area (Å²) in [6.45, 7) is 3.04. The fraction of sp³-hybridized carbons (Fsp3) is 0.217. The molecule has 0 saturated carbocycles. The number of nitrogens with zero attached hydrogens (tertiary/aromatic N) is 4. The molecule has 1 aliphatic heterocycles. The van der Waals surface area contributed by atoms with Gasteiger partial charge in [0.05, 0.1) is 29.6 Å². The molecule has 164 valence electrons.